The summed E-state index contributed by atoms with van der Waals surface area (Å²) in [5.41, 5.74) is 1.69. The van der Waals surface area contributed by atoms with Gasteiger partial charge in [0.05, 0.1) is 18.5 Å². The normalized spacial score (nSPS) is 24.3. The first-order valence-corrected chi connectivity index (χ1v) is 12.9. The first-order valence-electron chi connectivity index (χ1n) is 12.9. The fourth-order valence-electron chi connectivity index (χ4n) is 5.59. The summed E-state index contributed by atoms with van der Waals surface area (Å²) < 4.78 is 7.59. The van der Waals surface area contributed by atoms with Crippen LogP contribution in [0.3, 0.4) is 0 Å². The van der Waals surface area contributed by atoms with Crippen molar-refractivity contribution in [3.05, 3.63) is 72.1 Å². The lowest BCUT2D eigenvalue weighted by Gasteiger charge is -2.45. The Labute approximate surface area is 207 Å². The lowest BCUT2D eigenvalue weighted by molar-refractivity contribution is -0.133. The monoisotopic (exact) mass is 473 g/mol. The highest BCUT2D eigenvalue weighted by Gasteiger charge is 2.48. The molecular weight excluding hydrogens is 438 g/mol. The molecule has 6 heteroatoms. The molecule has 1 aliphatic heterocycles. The number of carbonyl (C=O) groups excluding carboxylic acids is 2. The van der Waals surface area contributed by atoms with E-state index in [4.69, 9.17) is 4.42 Å². The second-order valence-corrected chi connectivity index (χ2v) is 10.4. The van der Waals surface area contributed by atoms with Crippen molar-refractivity contribution in [1.82, 2.24) is 14.8 Å². The molecule has 1 saturated carbocycles. The minimum atomic E-state index is -0.982. The van der Waals surface area contributed by atoms with Crippen LogP contribution >= 0.6 is 0 Å². The van der Waals surface area contributed by atoms with Crippen molar-refractivity contribution in [3.8, 4) is 11.5 Å². The SMILES string of the molecule is CC1CCC(NC(=O)[C@@]2(C)Cn3c(ccc3-c3ccco3)C(=O)N2CCCc2ccccc2)CC1. The van der Waals surface area contributed by atoms with Crippen LogP contribution in [0.15, 0.2) is 65.3 Å². The Morgan fingerprint density at radius 3 is 2.49 bits per heavy atom. The van der Waals surface area contributed by atoms with E-state index in [2.05, 4.69) is 24.4 Å². The van der Waals surface area contributed by atoms with Crippen molar-refractivity contribution >= 4 is 11.8 Å². The van der Waals surface area contributed by atoms with Gasteiger partial charge in [-0.1, -0.05) is 37.3 Å². The summed E-state index contributed by atoms with van der Waals surface area (Å²) in [6.07, 6.45) is 7.55. The largest absolute Gasteiger partial charge is 0.463 e. The van der Waals surface area contributed by atoms with E-state index in [1.807, 2.05) is 54.0 Å². The summed E-state index contributed by atoms with van der Waals surface area (Å²) >= 11 is 0. The second kappa shape index (κ2) is 9.76. The smallest absolute Gasteiger partial charge is 0.271 e. The van der Waals surface area contributed by atoms with Crippen molar-refractivity contribution in [1.29, 1.82) is 0 Å². The highest BCUT2D eigenvalue weighted by molar-refractivity contribution is 6.00. The van der Waals surface area contributed by atoms with Crippen LogP contribution in [0, 0.1) is 5.92 Å². The van der Waals surface area contributed by atoms with E-state index in [0.717, 1.165) is 44.2 Å². The van der Waals surface area contributed by atoms with E-state index in [1.54, 1.807) is 11.2 Å². The van der Waals surface area contributed by atoms with Gasteiger partial charge in [-0.15, -0.1) is 0 Å². The lowest BCUT2D eigenvalue weighted by atomic mass is 9.86. The molecule has 35 heavy (non-hydrogen) atoms. The third-order valence-electron chi connectivity index (χ3n) is 7.81. The van der Waals surface area contributed by atoms with Crippen LogP contribution in [0.5, 0.6) is 0 Å². The Bertz CT molecular complexity index is 1160. The molecule has 1 aromatic carbocycles. The van der Waals surface area contributed by atoms with E-state index >= 15 is 0 Å². The summed E-state index contributed by atoms with van der Waals surface area (Å²) in [5.74, 6) is 1.25. The summed E-state index contributed by atoms with van der Waals surface area (Å²) in [6, 6.07) is 18.0. The number of nitrogens with zero attached hydrogens (tertiary/aromatic N) is 2. The summed E-state index contributed by atoms with van der Waals surface area (Å²) in [5, 5.41) is 3.32. The Hall–Kier alpha value is -3.28. The van der Waals surface area contributed by atoms with Gasteiger partial charge in [-0.2, -0.15) is 0 Å². The number of fused-ring (bicyclic) bond motifs is 1. The summed E-state index contributed by atoms with van der Waals surface area (Å²) in [4.78, 5) is 29.4. The number of nitrogens with one attached hydrogen (secondary N) is 1. The van der Waals surface area contributed by atoms with Gasteiger partial charge in [-0.3, -0.25) is 9.59 Å². The number of benzene rings is 1. The molecule has 1 aliphatic carbocycles. The number of aromatic nitrogens is 1. The number of amides is 2. The number of hydrogen-bond acceptors (Lipinski definition) is 3. The van der Waals surface area contributed by atoms with E-state index < -0.39 is 5.54 Å². The molecule has 2 aliphatic rings. The average molecular weight is 474 g/mol. The molecule has 0 radical (unpaired) electrons. The number of hydrogen-bond donors (Lipinski definition) is 1. The zero-order valence-corrected chi connectivity index (χ0v) is 20.7. The maximum absolute atomic E-state index is 13.8. The topological polar surface area (TPSA) is 67.5 Å². The van der Waals surface area contributed by atoms with Gasteiger partial charge in [0.2, 0.25) is 5.91 Å². The number of rotatable bonds is 7. The van der Waals surface area contributed by atoms with Crippen LogP contribution in [0.2, 0.25) is 0 Å². The fraction of sp³-hybridized carbons (Fsp3) is 0.448. The standard InChI is InChI=1S/C29H35N3O3/c1-21-12-14-23(15-13-21)30-28(34)29(2)20-31-24(26-11-7-19-35-26)16-17-25(31)27(33)32(29)18-6-10-22-8-4-3-5-9-22/h3-5,7-9,11,16-17,19,21,23H,6,10,12-15,18,20H2,1-2H3,(H,30,34)/t21?,23?,29-/m1/s1. The molecule has 1 fully saturated rings. The van der Waals surface area contributed by atoms with Crippen molar-refractivity contribution in [2.75, 3.05) is 6.54 Å². The van der Waals surface area contributed by atoms with Gasteiger partial charge in [0, 0.05) is 12.6 Å². The van der Waals surface area contributed by atoms with Gasteiger partial charge < -0.3 is 19.2 Å². The Morgan fingerprint density at radius 1 is 1.03 bits per heavy atom. The summed E-state index contributed by atoms with van der Waals surface area (Å²) in [6.45, 7) is 5.12. The molecule has 0 bridgehead atoms. The van der Waals surface area contributed by atoms with Gasteiger partial charge in [0.1, 0.15) is 17.0 Å². The average Bonchev–Trinajstić information content (AvgIpc) is 3.53. The van der Waals surface area contributed by atoms with Crippen LogP contribution in [0.4, 0.5) is 0 Å². The van der Waals surface area contributed by atoms with Crippen LogP contribution < -0.4 is 5.32 Å². The van der Waals surface area contributed by atoms with Crippen molar-refractivity contribution in [2.45, 2.75) is 70.5 Å². The van der Waals surface area contributed by atoms with Crippen LogP contribution in [0.1, 0.15) is 62.0 Å². The third kappa shape index (κ3) is 4.66. The van der Waals surface area contributed by atoms with Gasteiger partial charge in [-0.05, 0) is 81.2 Å². The second-order valence-electron chi connectivity index (χ2n) is 10.4. The Kier molecular flexibility index (Phi) is 6.54. The van der Waals surface area contributed by atoms with E-state index in [1.165, 1.54) is 5.56 Å². The lowest BCUT2D eigenvalue weighted by Crippen LogP contribution is -2.65. The molecule has 3 heterocycles. The predicted octanol–water partition coefficient (Wildman–Crippen LogP) is 5.29. The highest BCUT2D eigenvalue weighted by Crippen LogP contribution is 2.34. The quantitative estimate of drug-likeness (QED) is 0.507. The molecule has 0 saturated heterocycles. The highest BCUT2D eigenvalue weighted by atomic mass is 16.3. The molecule has 1 atom stereocenters. The van der Waals surface area contributed by atoms with Crippen LogP contribution in [-0.4, -0.2) is 39.4 Å². The first-order chi connectivity index (χ1) is 17.0. The number of aryl methyl sites for hydroxylation is 1. The molecule has 2 amide bonds. The Balaban J connectivity index is 1.41. The molecule has 2 aromatic heterocycles. The zero-order valence-electron chi connectivity index (χ0n) is 20.7. The first kappa shape index (κ1) is 23.5. The van der Waals surface area contributed by atoms with E-state index in [9.17, 15) is 9.59 Å². The maximum Gasteiger partial charge on any atom is 0.271 e. The minimum Gasteiger partial charge on any atom is -0.463 e. The van der Waals surface area contributed by atoms with Gasteiger partial charge in [-0.25, -0.2) is 0 Å². The molecular formula is C29H35N3O3. The van der Waals surface area contributed by atoms with Gasteiger partial charge in [0.15, 0.2) is 0 Å². The van der Waals surface area contributed by atoms with E-state index in [-0.39, 0.29) is 17.9 Å². The maximum atomic E-state index is 13.8. The molecule has 0 unspecified atom stereocenters. The molecule has 3 aromatic rings. The van der Waals surface area contributed by atoms with Crippen LogP contribution in [0.25, 0.3) is 11.5 Å². The van der Waals surface area contributed by atoms with Gasteiger partial charge >= 0.3 is 0 Å². The third-order valence-corrected chi connectivity index (χ3v) is 7.81. The summed E-state index contributed by atoms with van der Waals surface area (Å²) in [7, 11) is 0. The molecule has 184 valence electrons. The van der Waals surface area contributed by atoms with Crippen LogP contribution in [-0.2, 0) is 17.8 Å². The Morgan fingerprint density at radius 2 is 1.77 bits per heavy atom. The van der Waals surface area contributed by atoms with Gasteiger partial charge in [0.25, 0.3) is 5.91 Å². The van der Waals surface area contributed by atoms with E-state index in [0.29, 0.717) is 30.5 Å². The zero-order chi connectivity index (χ0) is 24.4. The number of furan rings is 1. The molecule has 1 N–H and O–H groups in total. The van der Waals surface area contributed by atoms with Crippen molar-refractivity contribution in [3.63, 3.8) is 0 Å². The van der Waals surface area contributed by atoms with Crippen molar-refractivity contribution in [2.24, 2.45) is 5.92 Å². The van der Waals surface area contributed by atoms with Crippen molar-refractivity contribution < 1.29 is 14.0 Å². The molecule has 5 rings (SSSR count). The number of carbonyl (C=O) groups is 2. The molecule has 6 nitrogen and oxygen atoms in total. The predicted molar refractivity (Wildman–Crippen MR) is 136 cm³/mol. The minimum absolute atomic E-state index is 0.0603. The fourth-order valence-corrected chi connectivity index (χ4v) is 5.59. The molecule has 0 spiro atoms.